The zero-order chi connectivity index (χ0) is 29.3. The summed E-state index contributed by atoms with van der Waals surface area (Å²) in [6, 6.07) is 12.8. The molecule has 1 saturated carbocycles. The Morgan fingerprint density at radius 3 is 2.51 bits per heavy atom. The molecule has 2 unspecified atom stereocenters. The van der Waals surface area contributed by atoms with Crippen molar-refractivity contribution in [1.82, 2.24) is 10.3 Å². The SMILES string of the molecule is Cc1ccc(S(=O)(=O)OC2=NN(c3ncccc3Cl)C(C(=O)Nc3ccc(Cl)cc3C(=O)NC(C)C3CC3)C2)cc1. The number of nitrogens with one attached hydrogen (secondary N) is 2. The predicted molar refractivity (Wildman–Crippen MR) is 157 cm³/mol. The van der Waals surface area contributed by atoms with Crippen LogP contribution >= 0.6 is 23.2 Å². The van der Waals surface area contributed by atoms with Gasteiger partial charge in [0.1, 0.15) is 10.9 Å². The van der Waals surface area contributed by atoms with E-state index in [0.29, 0.717) is 10.9 Å². The highest BCUT2D eigenvalue weighted by atomic mass is 35.5. The average Bonchev–Trinajstić information content (AvgIpc) is 3.71. The molecule has 0 spiro atoms. The van der Waals surface area contributed by atoms with Gasteiger partial charge in [-0.15, -0.1) is 5.10 Å². The highest BCUT2D eigenvalue weighted by Crippen LogP contribution is 2.33. The Bertz CT molecular complexity index is 1630. The summed E-state index contributed by atoms with van der Waals surface area (Å²) in [4.78, 5) is 30.9. The summed E-state index contributed by atoms with van der Waals surface area (Å²) in [6.07, 6.45) is 3.37. The Kier molecular flexibility index (Phi) is 8.21. The van der Waals surface area contributed by atoms with Gasteiger partial charge in [-0.25, -0.2) is 9.99 Å². The van der Waals surface area contributed by atoms with Crippen molar-refractivity contribution in [3.63, 3.8) is 0 Å². The molecule has 5 rings (SSSR count). The number of carbonyl (C=O) groups excluding carboxylic acids is 2. The monoisotopic (exact) mass is 615 g/mol. The van der Waals surface area contributed by atoms with E-state index in [9.17, 15) is 18.0 Å². The fraction of sp³-hybridized carbons (Fsp3) is 0.286. The van der Waals surface area contributed by atoms with Crippen LogP contribution < -0.4 is 15.6 Å². The normalized spacial score (nSPS) is 17.5. The maximum atomic E-state index is 13.7. The third kappa shape index (κ3) is 6.64. The summed E-state index contributed by atoms with van der Waals surface area (Å²) in [5.74, 6) is -0.623. The van der Waals surface area contributed by atoms with Crippen molar-refractivity contribution in [3.05, 3.63) is 82.0 Å². The fourth-order valence-electron chi connectivity index (χ4n) is 4.39. The number of carbonyl (C=O) groups is 2. The second-order valence-corrected chi connectivity index (χ2v) is 12.4. The highest BCUT2D eigenvalue weighted by molar-refractivity contribution is 7.87. The van der Waals surface area contributed by atoms with Crippen molar-refractivity contribution in [2.24, 2.45) is 11.0 Å². The van der Waals surface area contributed by atoms with E-state index in [0.717, 1.165) is 18.4 Å². The minimum atomic E-state index is -4.23. The van der Waals surface area contributed by atoms with Crippen LogP contribution in [0.3, 0.4) is 0 Å². The summed E-state index contributed by atoms with van der Waals surface area (Å²) in [5, 5.41) is 11.7. The molecular formula is C28H27Cl2N5O5S. The first kappa shape index (κ1) is 28.8. The topological polar surface area (TPSA) is 130 Å². The van der Waals surface area contributed by atoms with E-state index in [1.54, 1.807) is 30.3 Å². The van der Waals surface area contributed by atoms with Crippen molar-refractivity contribution in [2.75, 3.05) is 10.3 Å². The van der Waals surface area contributed by atoms with Gasteiger partial charge < -0.3 is 14.8 Å². The van der Waals surface area contributed by atoms with E-state index >= 15 is 0 Å². The minimum absolute atomic E-state index is 0.0229. The molecule has 0 saturated heterocycles. The third-order valence-electron chi connectivity index (χ3n) is 6.83. The maximum Gasteiger partial charge on any atom is 0.340 e. The number of aromatic nitrogens is 1. The number of nitrogens with zero attached hydrogens (tertiary/aromatic N) is 3. The standard InChI is InChI=1S/C28H27Cl2N5O5S/c1-16-5-10-20(11-6-16)41(38,39)40-25-15-24(35(34-25)26-22(30)4-3-13-31-26)28(37)33-23-12-9-19(29)14-21(23)27(36)32-17(2)18-7-8-18/h3-6,9-14,17-18,24H,7-8,15H2,1-2H3,(H,32,36)(H,33,37). The Morgan fingerprint density at radius 1 is 1.10 bits per heavy atom. The Labute approximate surface area is 247 Å². The number of halogens is 2. The van der Waals surface area contributed by atoms with E-state index in [4.69, 9.17) is 27.4 Å². The molecule has 0 radical (unpaired) electrons. The van der Waals surface area contributed by atoms with Crippen LogP contribution in [0.1, 0.15) is 42.1 Å². The van der Waals surface area contributed by atoms with Gasteiger partial charge in [0.15, 0.2) is 5.82 Å². The molecular weight excluding hydrogens is 589 g/mol. The van der Waals surface area contributed by atoms with E-state index < -0.39 is 22.1 Å². The van der Waals surface area contributed by atoms with Gasteiger partial charge in [-0.1, -0.05) is 40.9 Å². The van der Waals surface area contributed by atoms with Crippen molar-refractivity contribution in [2.45, 2.75) is 50.1 Å². The number of pyridine rings is 1. The lowest BCUT2D eigenvalue weighted by molar-refractivity contribution is -0.117. The first-order valence-electron chi connectivity index (χ1n) is 12.9. The van der Waals surface area contributed by atoms with Gasteiger partial charge in [-0.2, -0.15) is 8.42 Å². The van der Waals surface area contributed by atoms with Crippen LogP contribution in [0.15, 0.2) is 70.8 Å². The van der Waals surface area contributed by atoms with E-state index in [2.05, 4.69) is 20.7 Å². The summed E-state index contributed by atoms with van der Waals surface area (Å²) in [6.45, 7) is 3.77. The van der Waals surface area contributed by atoms with Gasteiger partial charge in [-0.3, -0.25) is 9.59 Å². The summed E-state index contributed by atoms with van der Waals surface area (Å²) >= 11 is 12.5. The summed E-state index contributed by atoms with van der Waals surface area (Å²) in [5.41, 5.74) is 1.30. The number of amides is 2. The summed E-state index contributed by atoms with van der Waals surface area (Å²) < 4.78 is 31.2. The minimum Gasteiger partial charge on any atom is -0.361 e. The zero-order valence-electron chi connectivity index (χ0n) is 22.2. The number of hydrogen-bond donors (Lipinski definition) is 2. The largest absolute Gasteiger partial charge is 0.361 e. The number of anilines is 2. The smallest absolute Gasteiger partial charge is 0.340 e. The molecule has 2 amide bonds. The number of rotatable bonds is 8. The quantitative estimate of drug-likeness (QED) is 0.335. The Hall–Kier alpha value is -3.67. The molecule has 2 aromatic carbocycles. The molecule has 2 heterocycles. The Morgan fingerprint density at radius 2 is 1.83 bits per heavy atom. The van der Waals surface area contributed by atoms with Crippen LogP contribution in [-0.2, 0) is 19.1 Å². The highest BCUT2D eigenvalue weighted by Gasteiger charge is 2.39. The van der Waals surface area contributed by atoms with Crippen LogP contribution in [0.2, 0.25) is 10.0 Å². The zero-order valence-corrected chi connectivity index (χ0v) is 24.5. The van der Waals surface area contributed by atoms with E-state index in [-0.39, 0.29) is 51.3 Å². The van der Waals surface area contributed by atoms with Crippen LogP contribution in [-0.4, -0.2) is 43.2 Å². The number of aryl methyl sites for hydroxylation is 1. The van der Waals surface area contributed by atoms with Crippen LogP contribution in [0.4, 0.5) is 11.5 Å². The molecule has 2 atom stereocenters. The lowest BCUT2D eigenvalue weighted by atomic mass is 10.1. The van der Waals surface area contributed by atoms with Gasteiger partial charge >= 0.3 is 10.1 Å². The van der Waals surface area contributed by atoms with Gasteiger partial charge in [0, 0.05) is 17.3 Å². The number of benzene rings is 2. The lowest BCUT2D eigenvalue weighted by Crippen LogP contribution is -2.40. The number of hydrazone groups is 1. The van der Waals surface area contributed by atoms with Gasteiger partial charge in [0.05, 0.1) is 22.7 Å². The molecule has 13 heteroatoms. The molecule has 3 aromatic rings. The maximum absolute atomic E-state index is 13.7. The summed E-state index contributed by atoms with van der Waals surface area (Å²) in [7, 11) is -4.23. The molecule has 1 aliphatic heterocycles. The molecule has 41 heavy (non-hydrogen) atoms. The van der Waals surface area contributed by atoms with Gasteiger partial charge in [-0.05, 0) is 75.1 Å². The van der Waals surface area contributed by atoms with Crippen molar-refractivity contribution in [3.8, 4) is 0 Å². The molecule has 1 aromatic heterocycles. The molecule has 1 fully saturated rings. The second-order valence-electron chi connectivity index (χ2n) is 10.00. The predicted octanol–water partition coefficient (Wildman–Crippen LogP) is 5.16. The Balaban J connectivity index is 1.41. The fourth-order valence-corrected chi connectivity index (χ4v) is 5.69. The molecule has 1 aliphatic carbocycles. The molecule has 10 nitrogen and oxygen atoms in total. The lowest BCUT2D eigenvalue weighted by Gasteiger charge is -2.23. The van der Waals surface area contributed by atoms with Crippen molar-refractivity contribution >= 4 is 62.5 Å². The first-order valence-corrected chi connectivity index (χ1v) is 15.1. The van der Waals surface area contributed by atoms with E-state index in [1.807, 2.05) is 13.8 Å². The van der Waals surface area contributed by atoms with Crippen molar-refractivity contribution in [1.29, 1.82) is 0 Å². The molecule has 214 valence electrons. The van der Waals surface area contributed by atoms with Crippen LogP contribution in [0, 0.1) is 12.8 Å². The van der Waals surface area contributed by atoms with Crippen LogP contribution in [0.25, 0.3) is 0 Å². The second kappa shape index (κ2) is 11.7. The third-order valence-corrected chi connectivity index (χ3v) is 8.62. The van der Waals surface area contributed by atoms with E-state index in [1.165, 1.54) is 35.5 Å². The van der Waals surface area contributed by atoms with Crippen LogP contribution in [0.5, 0.6) is 0 Å². The first-order chi connectivity index (χ1) is 19.5. The van der Waals surface area contributed by atoms with Gasteiger partial charge in [0.25, 0.3) is 5.91 Å². The van der Waals surface area contributed by atoms with Gasteiger partial charge in [0.2, 0.25) is 11.8 Å². The molecule has 2 N–H and O–H groups in total. The average molecular weight is 617 g/mol. The van der Waals surface area contributed by atoms with Crippen molar-refractivity contribution < 1.29 is 22.2 Å². The molecule has 2 aliphatic rings. The number of hydrogen-bond acceptors (Lipinski definition) is 8. The molecule has 0 bridgehead atoms.